The molecule has 63 valence electrons. The Labute approximate surface area is 67.9 Å². The fourth-order valence-electron chi connectivity index (χ4n) is 0.869. The Balaban J connectivity index is 3.07. The van der Waals surface area contributed by atoms with E-state index in [0.29, 0.717) is 0 Å². The van der Waals surface area contributed by atoms with Crippen molar-refractivity contribution < 1.29 is 9.90 Å². The molecule has 11 heavy (non-hydrogen) atoms. The predicted octanol–water partition coefficient (Wildman–Crippen LogP) is 2.47. The summed E-state index contributed by atoms with van der Waals surface area (Å²) in [5, 5.41) is 9.89. The van der Waals surface area contributed by atoms with Gasteiger partial charge in [0.2, 0.25) is 0 Å². The smallest absolute Gasteiger partial charge is 0.242 e. The Kier molecular flexibility index (Phi) is 6.79. The number of hydrogen-bond donors (Lipinski definition) is 0. The zero-order chi connectivity index (χ0) is 8.53. The van der Waals surface area contributed by atoms with Gasteiger partial charge < -0.3 is 0 Å². The predicted molar refractivity (Wildman–Crippen MR) is 43.6 cm³/mol. The Bertz CT molecular complexity index is 128. The molecule has 0 fully saturated rings. The van der Waals surface area contributed by atoms with Crippen LogP contribution in [0, 0.1) is 0 Å². The van der Waals surface area contributed by atoms with Crippen molar-refractivity contribution in [2.45, 2.75) is 39.0 Å². The molecule has 2 nitrogen and oxygen atoms in total. The van der Waals surface area contributed by atoms with Gasteiger partial charge in [-0.15, -0.1) is 0 Å². The van der Waals surface area contributed by atoms with E-state index in [9.17, 15) is 9.90 Å². The number of allylic oxidation sites excluding steroid dienone is 1. The normalized spacial score (nSPS) is 10.6. The van der Waals surface area contributed by atoms with Crippen LogP contribution in [-0.4, -0.2) is 5.97 Å². The summed E-state index contributed by atoms with van der Waals surface area (Å²) in [4.78, 5) is 9.89. The minimum Gasteiger partial charge on any atom is -0.242 e. The SMILES string of the molecule is CCCCCC/C=C\C([O])=O. The van der Waals surface area contributed by atoms with Crippen molar-refractivity contribution in [3.8, 4) is 0 Å². The Morgan fingerprint density at radius 1 is 1.27 bits per heavy atom. The van der Waals surface area contributed by atoms with Gasteiger partial charge >= 0.3 is 5.97 Å². The van der Waals surface area contributed by atoms with E-state index >= 15 is 0 Å². The van der Waals surface area contributed by atoms with Gasteiger partial charge in [0.1, 0.15) is 0 Å². The molecule has 0 saturated heterocycles. The fraction of sp³-hybridized carbons (Fsp3) is 0.667. The van der Waals surface area contributed by atoms with Crippen LogP contribution in [0.4, 0.5) is 0 Å². The Morgan fingerprint density at radius 2 is 2.00 bits per heavy atom. The van der Waals surface area contributed by atoms with E-state index in [-0.39, 0.29) is 0 Å². The van der Waals surface area contributed by atoms with Crippen molar-refractivity contribution >= 4 is 5.97 Å². The third-order valence-electron chi connectivity index (χ3n) is 1.48. The largest absolute Gasteiger partial charge is 0.378 e. The molecule has 0 rings (SSSR count). The van der Waals surface area contributed by atoms with E-state index in [0.717, 1.165) is 18.9 Å². The van der Waals surface area contributed by atoms with Crippen molar-refractivity contribution in [1.82, 2.24) is 0 Å². The third-order valence-corrected chi connectivity index (χ3v) is 1.48. The number of hydrogen-bond acceptors (Lipinski definition) is 1. The lowest BCUT2D eigenvalue weighted by atomic mass is 10.1. The van der Waals surface area contributed by atoms with Crippen molar-refractivity contribution in [3.05, 3.63) is 12.2 Å². The molecule has 0 unspecified atom stereocenters. The highest BCUT2D eigenvalue weighted by Crippen LogP contribution is 2.02. The lowest BCUT2D eigenvalue weighted by Crippen LogP contribution is -1.82. The molecule has 0 bridgehead atoms. The van der Waals surface area contributed by atoms with Crippen molar-refractivity contribution in [1.29, 1.82) is 0 Å². The molecule has 0 aliphatic carbocycles. The van der Waals surface area contributed by atoms with Crippen LogP contribution in [0.25, 0.3) is 0 Å². The van der Waals surface area contributed by atoms with E-state index in [1.807, 2.05) is 0 Å². The summed E-state index contributed by atoms with van der Waals surface area (Å²) in [7, 11) is 0. The first-order chi connectivity index (χ1) is 5.27. The van der Waals surface area contributed by atoms with Gasteiger partial charge in [0.05, 0.1) is 0 Å². The van der Waals surface area contributed by atoms with Gasteiger partial charge in [0, 0.05) is 6.08 Å². The van der Waals surface area contributed by atoms with Gasteiger partial charge in [0.25, 0.3) is 0 Å². The van der Waals surface area contributed by atoms with Gasteiger partial charge in [-0.25, -0.2) is 9.90 Å². The van der Waals surface area contributed by atoms with Crippen LogP contribution in [0.3, 0.4) is 0 Å². The average Bonchev–Trinajstić information content (AvgIpc) is 1.96. The lowest BCUT2D eigenvalue weighted by molar-refractivity contribution is -0.137. The standard InChI is InChI=1S/C9H15O2/c1-2-3-4-5-6-7-8-9(10)11/h7-8H,2-6H2,1H3/b8-7-. The lowest BCUT2D eigenvalue weighted by Gasteiger charge is -1.92. The molecule has 0 saturated carbocycles. The van der Waals surface area contributed by atoms with Gasteiger partial charge in [-0.3, -0.25) is 0 Å². The van der Waals surface area contributed by atoms with E-state index < -0.39 is 5.97 Å². The summed E-state index contributed by atoms with van der Waals surface area (Å²) in [6.07, 6.45) is 8.33. The molecule has 0 aliphatic rings. The van der Waals surface area contributed by atoms with Crippen LogP contribution >= 0.6 is 0 Å². The molecule has 0 heterocycles. The summed E-state index contributed by atoms with van der Waals surface area (Å²) >= 11 is 0. The summed E-state index contributed by atoms with van der Waals surface area (Å²) in [5.41, 5.74) is 0. The fourth-order valence-corrected chi connectivity index (χ4v) is 0.869. The van der Waals surface area contributed by atoms with E-state index in [4.69, 9.17) is 0 Å². The molecule has 0 N–H and O–H groups in total. The first-order valence-corrected chi connectivity index (χ1v) is 4.15. The molecule has 0 amide bonds. The minimum absolute atomic E-state index is 0.855. The Hall–Kier alpha value is -0.790. The quantitative estimate of drug-likeness (QED) is 0.429. The molecular weight excluding hydrogens is 140 g/mol. The van der Waals surface area contributed by atoms with Crippen LogP contribution < -0.4 is 0 Å². The second kappa shape index (κ2) is 7.32. The van der Waals surface area contributed by atoms with Gasteiger partial charge in [0.15, 0.2) is 0 Å². The first kappa shape index (κ1) is 10.2. The summed E-state index contributed by atoms with van der Waals surface area (Å²) in [5.74, 6) is -1.10. The summed E-state index contributed by atoms with van der Waals surface area (Å²) < 4.78 is 0. The molecule has 1 radical (unpaired) electrons. The van der Waals surface area contributed by atoms with E-state index in [1.54, 1.807) is 6.08 Å². The zero-order valence-electron chi connectivity index (χ0n) is 7.01. The van der Waals surface area contributed by atoms with Crippen LogP contribution in [0.2, 0.25) is 0 Å². The molecule has 0 spiro atoms. The second-order valence-corrected chi connectivity index (χ2v) is 2.57. The first-order valence-electron chi connectivity index (χ1n) is 4.15. The summed E-state index contributed by atoms with van der Waals surface area (Å²) in [6.45, 7) is 2.15. The zero-order valence-corrected chi connectivity index (χ0v) is 7.01. The maximum Gasteiger partial charge on any atom is 0.378 e. The van der Waals surface area contributed by atoms with Crippen LogP contribution in [0.15, 0.2) is 12.2 Å². The molecule has 2 heteroatoms. The molecule has 0 atom stereocenters. The maximum atomic E-state index is 9.89. The van der Waals surface area contributed by atoms with Gasteiger partial charge in [-0.2, -0.15) is 0 Å². The van der Waals surface area contributed by atoms with E-state index in [1.165, 1.54) is 19.3 Å². The highest BCUT2D eigenvalue weighted by molar-refractivity contribution is 5.79. The average molecular weight is 155 g/mol. The van der Waals surface area contributed by atoms with Crippen molar-refractivity contribution in [2.24, 2.45) is 0 Å². The highest BCUT2D eigenvalue weighted by Gasteiger charge is 1.88. The van der Waals surface area contributed by atoms with Gasteiger partial charge in [-0.1, -0.05) is 32.3 Å². The Morgan fingerprint density at radius 3 is 2.55 bits per heavy atom. The molecule has 0 aromatic rings. The third kappa shape index (κ3) is 9.21. The molecular formula is C9H15O2. The monoisotopic (exact) mass is 155 g/mol. The van der Waals surface area contributed by atoms with Crippen LogP contribution in [-0.2, 0) is 9.90 Å². The number of carbonyl (C=O) groups excluding carboxylic acids is 1. The van der Waals surface area contributed by atoms with Gasteiger partial charge in [-0.05, 0) is 12.8 Å². The second-order valence-electron chi connectivity index (χ2n) is 2.57. The minimum atomic E-state index is -1.10. The molecule has 0 aliphatic heterocycles. The van der Waals surface area contributed by atoms with Crippen molar-refractivity contribution in [2.75, 3.05) is 0 Å². The van der Waals surface area contributed by atoms with Crippen LogP contribution in [0.1, 0.15) is 39.0 Å². The molecule has 0 aromatic heterocycles. The summed E-state index contributed by atoms with van der Waals surface area (Å²) in [6, 6.07) is 0. The van der Waals surface area contributed by atoms with Crippen molar-refractivity contribution in [3.63, 3.8) is 0 Å². The number of rotatable bonds is 6. The number of carbonyl (C=O) groups is 1. The maximum absolute atomic E-state index is 9.89. The van der Waals surface area contributed by atoms with Crippen LogP contribution in [0.5, 0.6) is 0 Å². The van der Waals surface area contributed by atoms with E-state index in [2.05, 4.69) is 6.92 Å². The topological polar surface area (TPSA) is 37.0 Å². The highest BCUT2D eigenvalue weighted by atomic mass is 16.4. The molecule has 0 aromatic carbocycles. The number of unbranched alkanes of at least 4 members (excludes halogenated alkanes) is 4.